The molecule has 4 rings (SSSR count). The number of aliphatic imine (C=N–C) groups is 2. The second kappa shape index (κ2) is 8.55. The van der Waals surface area contributed by atoms with Crippen LogP contribution in [-0.4, -0.2) is 57.1 Å². The van der Waals surface area contributed by atoms with Crippen LogP contribution in [0.2, 0.25) is 0 Å². The third-order valence-electron chi connectivity index (χ3n) is 6.54. The summed E-state index contributed by atoms with van der Waals surface area (Å²) in [6.45, 7) is 7.13. The average molecular weight is 463 g/mol. The largest absolute Gasteiger partial charge is 0.372 e. The monoisotopic (exact) mass is 462 g/mol. The van der Waals surface area contributed by atoms with Gasteiger partial charge < -0.3 is 21.1 Å². The van der Waals surface area contributed by atoms with Crippen molar-refractivity contribution in [2.45, 2.75) is 75.6 Å². The van der Waals surface area contributed by atoms with Crippen LogP contribution in [0, 0.1) is 0 Å². The molecule has 0 radical (unpaired) electrons. The molecule has 9 nitrogen and oxygen atoms in total. The van der Waals surface area contributed by atoms with Crippen LogP contribution in [0.25, 0.3) is 0 Å². The van der Waals surface area contributed by atoms with Crippen molar-refractivity contribution in [1.29, 1.82) is 0 Å². The first-order chi connectivity index (χ1) is 15.1. The lowest BCUT2D eigenvalue weighted by Gasteiger charge is -2.47. The number of benzene rings is 1. The molecule has 2 aliphatic heterocycles. The molecule has 0 aromatic heterocycles. The van der Waals surface area contributed by atoms with Crippen molar-refractivity contribution in [2.24, 2.45) is 21.5 Å². The predicted octanol–water partition coefficient (Wildman–Crippen LogP) is 2.20. The van der Waals surface area contributed by atoms with Gasteiger partial charge in [-0.15, -0.1) is 0 Å². The van der Waals surface area contributed by atoms with Crippen LogP contribution >= 0.6 is 0 Å². The zero-order valence-electron chi connectivity index (χ0n) is 19.1. The molecule has 2 heterocycles. The number of guanidine groups is 2. The molecule has 1 saturated heterocycles. The van der Waals surface area contributed by atoms with Gasteiger partial charge in [-0.1, -0.05) is 13.3 Å². The van der Waals surface area contributed by atoms with Crippen molar-refractivity contribution >= 4 is 33.1 Å². The highest BCUT2D eigenvalue weighted by Gasteiger charge is 2.44. The third kappa shape index (κ3) is 4.17. The fraction of sp³-hybridized carbons (Fsp3) is 0.636. The molecule has 2 unspecified atom stereocenters. The van der Waals surface area contributed by atoms with E-state index in [0.29, 0.717) is 18.8 Å². The van der Waals surface area contributed by atoms with E-state index in [0.717, 1.165) is 37.8 Å². The number of nitrogens with two attached hydrogens (primary N) is 2. The summed E-state index contributed by atoms with van der Waals surface area (Å²) in [4.78, 5) is 13.5. The number of anilines is 2. The summed E-state index contributed by atoms with van der Waals surface area (Å²) in [6.07, 6.45) is 4.78. The molecule has 10 heteroatoms. The van der Waals surface area contributed by atoms with E-state index in [-0.39, 0.29) is 34.8 Å². The minimum atomic E-state index is -3.41. The van der Waals surface area contributed by atoms with Crippen molar-refractivity contribution in [3.8, 4) is 0 Å². The van der Waals surface area contributed by atoms with Gasteiger partial charge in [0, 0.05) is 13.1 Å². The summed E-state index contributed by atoms with van der Waals surface area (Å²) >= 11 is 0. The van der Waals surface area contributed by atoms with Gasteiger partial charge in [0.15, 0.2) is 9.84 Å². The summed E-state index contributed by atoms with van der Waals surface area (Å²) < 4.78 is 31.5. The Hall–Kier alpha value is -2.33. The lowest BCUT2D eigenvalue weighted by atomic mass is 9.87. The quantitative estimate of drug-likeness (QED) is 0.702. The lowest BCUT2D eigenvalue weighted by Crippen LogP contribution is -2.59. The zero-order chi connectivity index (χ0) is 23.1. The highest BCUT2D eigenvalue weighted by molar-refractivity contribution is 7.91. The van der Waals surface area contributed by atoms with E-state index < -0.39 is 15.5 Å². The maximum atomic E-state index is 12.8. The summed E-state index contributed by atoms with van der Waals surface area (Å²) in [5, 5.41) is 0. The van der Waals surface area contributed by atoms with E-state index in [1.54, 1.807) is 19.1 Å². The normalized spacial score (nSPS) is 26.1. The Kier molecular flexibility index (Phi) is 6.10. The number of sulfone groups is 1. The van der Waals surface area contributed by atoms with Gasteiger partial charge in [-0.05, 0) is 57.7 Å². The molecule has 1 aromatic carbocycles. The van der Waals surface area contributed by atoms with E-state index >= 15 is 0 Å². The standard InChI is InChI=1S/C22H34N6O3S/c1-4-32(29,30)17-8-9-18(27-13-15(2)31-16(3)14-27)19(12-17)28-21(24)25-20(23)26-22(28)10-6-5-7-11-22/h8-9,12,15-16H,4-7,10-11,13-14H2,1-3H3,(H4,23,24,25,26). The number of hydrogen-bond acceptors (Lipinski definition) is 9. The fourth-order valence-corrected chi connectivity index (χ4v) is 6.05. The number of nitrogens with zero attached hydrogens (tertiary/aromatic N) is 4. The van der Waals surface area contributed by atoms with E-state index in [1.165, 1.54) is 0 Å². The number of hydrogen-bond donors (Lipinski definition) is 2. The second-order valence-corrected chi connectivity index (χ2v) is 11.3. The summed E-state index contributed by atoms with van der Waals surface area (Å²) in [7, 11) is -3.41. The molecular weight excluding hydrogens is 428 g/mol. The SMILES string of the molecule is CCS(=O)(=O)c1ccc(N2CC(C)OC(C)C2)c(N2C(N)=NC(N)=NC23CCCCC3)c1. The van der Waals surface area contributed by atoms with Crippen molar-refractivity contribution in [3.63, 3.8) is 0 Å². The van der Waals surface area contributed by atoms with Gasteiger partial charge in [0.05, 0.1) is 34.2 Å². The summed E-state index contributed by atoms with van der Waals surface area (Å²) in [6, 6.07) is 5.30. The van der Waals surface area contributed by atoms with E-state index in [1.807, 2.05) is 24.8 Å². The molecule has 2 fully saturated rings. The van der Waals surface area contributed by atoms with Gasteiger partial charge in [-0.3, -0.25) is 4.90 Å². The zero-order valence-corrected chi connectivity index (χ0v) is 19.9. The molecule has 32 heavy (non-hydrogen) atoms. The minimum absolute atomic E-state index is 0.0250. The van der Waals surface area contributed by atoms with Gasteiger partial charge in [-0.25, -0.2) is 13.4 Å². The highest BCUT2D eigenvalue weighted by Crippen LogP contribution is 2.44. The Morgan fingerprint density at radius 2 is 1.75 bits per heavy atom. The smallest absolute Gasteiger partial charge is 0.220 e. The van der Waals surface area contributed by atoms with E-state index in [2.05, 4.69) is 9.89 Å². The Morgan fingerprint density at radius 1 is 1.09 bits per heavy atom. The second-order valence-electron chi connectivity index (χ2n) is 9.03. The first-order valence-corrected chi connectivity index (χ1v) is 13.1. The molecular formula is C22H34N6O3S. The molecule has 0 amide bonds. The van der Waals surface area contributed by atoms with Crippen LogP contribution in [0.3, 0.4) is 0 Å². The fourth-order valence-electron chi connectivity index (χ4n) is 5.15. The highest BCUT2D eigenvalue weighted by atomic mass is 32.2. The van der Waals surface area contributed by atoms with E-state index in [9.17, 15) is 8.42 Å². The van der Waals surface area contributed by atoms with Gasteiger partial charge in [0.25, 0.3) is 0 Å². The van der Waals surface area contributed by atoms with Crippen molar-refractivity contribution in [3.05, 3.63) is 18.2 Å². The average Bonchev–Trinajstić information content (AvgIpc) is 2.73. The number of ether oxygens (including phenoxy) is 1. The van der Waals surface area contributed by atoms with Crippen LogP contribution in [0.4, 0.5) is 11.4 Å². The lowest BCUT2D eigenvalue weighted by molar-refractivity contribution is -0.00519. The van der Waals surface area contributed by atoms with Crippen LogP contribution in [0.15, 0.2) is 33.1 Å². The summed E-state index contributed by atoms with van der Waals surface area (Å²) in [5.41, 5.74) is 13.5. The van der Waals surface area contributed by atoms with Gasteiger partial charge >= 0.3 is 0 Å². The predicted molar refractivity (Wildman–Crippen MR) is 128 cm³/mol. The minimum Gasteiger partial charge on any atom is -0.372 e. The maximum absolute atomic E-state index is 12.8. The molecule has 1 spiro atoms. The van der Waals surface area contributed by atoms with Gasteiger partial charge in [-0.2, -0.15) is 4.99 Å². The first kappa shape index (κ1) is 22.8. The topological polar surface area (TPSA) is 127 Å². The Morgan fingerprint density at radius 3 is 2.38 bits per heavy atom. The van der Waals surface area contributed by atoms with Crippen LogP contribution < -0.4 is 21.3 Å². The molecule has 176 valence electrons. The van der Waals surface area contributed by atoms with E-state index in [4.69, 9.17) is 21.2 Å². The molecule has 0 bridgehead atoms. The van der Waals surface area contributed by atoms with Crippen LogP contribution in [-0.2, 0) is 14.6 Å². The first-order valence-electron chi connectivity index (χ1n) is 11.4. The third-order valence-corrected chi connectivity index (χ3v) is 8.27. The number of rotatable bonds is 4. The summed E-state index contributed by atoms with van der Waals surface area (Å²) in [5.74, 6) is 0.450. The molecule has 3 aliphatic rings. The molecule has 4 N–H and O–H groups in total. The van der Waals surface area contributed by atoms with Crippen LogP contribution in [0.1, 0.15) is 52.9 Å². The molecule has 1 aliphatic carbocycles. The van der Waals surface area contributed by atoms with Gasteiger partial charge in [0.1, 0.15) is 5.66 Å². The molecule has 2 atom stereocenters. The van der Waals surface area contributed by atoms with Gasteiger partial charge in [0.2, 0.25) is 11.9 Å². The number of morpholine rings is 1. The Labute approximate surface area is 190 Å². The maximum Gasteiger partial charge on any atom is 0.220 e. The van der Waals surface area contributed by atoms with Crippen molar-refractivity contribution in [1.82, 2.24) is 0 Å². The van der Waals surface area contributed by atoms with Crippen LogP contribution in [0.5, 0.6) is 0 Å². The van der Waals surface area contributed by atoms with Crippen molar-refractivity contribution in [2.75, 3.05) is 28.6 Å². The Bertz CT molecular complexity index is 1020. The van der Waals surface area contributed by atoms with Crippen molar-refractivity contribution < 1.29 is 13.2 Å². The Balaban J connectivity index is 1.90. The molecule has 1 aromatic rings. The molecule has 1 saturated carbocycles.